The van der Waals surface area contributed by atoms with Gasteiger partial charge in [-0.25, -0.2) is 0 Å². The van der Waals surface area contributed by atoms with Gasteiger partial charge in [-0.2, -0.15) is 0 Å². The van der Waals surface area contributed by atoms with E-state index in [1.165, 1.54) is 43.5 Å². The molecule has 1 heterocycles. The largest absolute Gasteiger partial charge is 0.393 e. The zero-order chi connectivity index (χ0) is 14.5. The second-order valence-corrected chi connectivity index (χ2v) is 6.62. The van der Waals surface area contributed by atoms with Crippen molar-refractivity contribution >= 4 is 11.4 Å². The fourth-order valence-corrected chi connectivity index (χ4v) is 3.65. The normalized spacial score (nSPS) is 21.5. The second-order valence-electron chi connectivity index (χ2n) is 6.62. The first kappa shape index (κ1) is 14.7. The molecule has 1 aromatic rings. The number of hydrogen-bond donors (Lipinski definition) is 2. The number of para-hydroxylation sites is 2. The predicted molar refractivity (Wildman–Crippen MR) is 89.0 cm³/mol. The van der Waals surface area contributed by atoms with Crippen molar-refractivity contribution in [1.82, 2.24) is 0 Å². The fourth-order valence-electron chi connectivity index (χ4n) is 3.65. The molecular formula is C18H28N2O. The molecule has 1 aliphatic heterocycles. The summed E-state index contributed by atoms with van der Waals surface area (Å²) >= 11 is 0. The highest BCUT2D eigenvalue weighted by Gasteiger charge is 2.19. The molecule has 1 saturated carbocycles. The van der Waals surface area contributed by atoms with Gasteiger partial charge >= 0.3 is 0 Å². The van der Waals surface area contributed by atoms with E-state index < -0.39 is 0 Å². The molecule has 116 valence electrons. The van der Waals surface area contributed by atoms with Crippen molar-refractivity contribution in [3.63, 3.8) is 0 Å². The third-order valence-electron chi connectivity index (χ3n) is 5.02. The van der Waals surface area contributed by atoms with E-state index in [9.17, 15) is 5.11 Å². The third-order valence-corrected chi connectivity index (χ3v) is 5.02. The first-order valence-corrected chi connectivity index (χ1v) is 8.59. The summed E-state index contributed by atoms with van der Waals surface area (Å²) in [6, 6.07) is 8.64. The number of hydrogen-bond acceptors (Lipinski definition) is 3. The molecule has 0 atom stereocenters. The van der Waals surface area contributed by atoms with Crippen LogP contribution in [0.1, 0.15) is 44.9 Å². The van der Waals surface area contributed by atoms with Gasteiger partial charge in [0.15, 0.2) is 0 Å². The van der Waals surface area contributed by atoms with Crippen LogP contribution in [-0.2, 0) is 0 Å². The molecule has 2 aliphatic rings. The van der Waals surface area contributed by atoms with Crippen molar-refractivity contribution in [2.75, 3.05) is 29.9 Å². The first-order chi connectivity index (χ1) is 10.3. The van der Waals surface area contributed by atoms with Gasteiger partial charge in [-0.05, 0) is 43.7 Å². The van der Waals surface area contributed by atoms with E-state index in [-0.39, 0.29) is 6.10 Å². The quantitative estimate of drug-likeness (QED) is 0.888. The highest BCUT2D eigenvalue weighted by Crippen LogP contribution is 2.30. The highest BCUT2D eigenvalue weighted by atomic mass is 16.3. The fraction of sp³-hybridized carbons (Fsp3) is 0.667. The SMILES string of the molecule is OC1CCN(c2ccccc2NCC2CCCCC2)CC1. The first-order valence-electron chi connectivity index (χ1n) is 8.59. The maximum absolute atomic E-state index is 9.67. The van der Waals surface area contributed by atoms with Crippen molar-refractivity contribution in [1.29, 1.82) is 0 Å². The molecule has 3 rings (SSSR count). The number of rotatable bonds is 4. The summed E-state index contributed by atoms with van der Waals surface area (Å²) in [6.07, 6.45) is 8.65. The van der Waals surface area contributed by atoms with Crippen molar-refractivity contribution in [2.24, 2.45) is 5.92 Å². The molecule has 0 spiro atoms. The maximum Gasteiger partial charge on any atom is 0.0602 e. The van der Waals surface area contributed by atoms with Crippen LogP contribution in [0, 0.1) is 5.92 Å². The van der Waals surface area contributed by atoms with Gasteiger partial charge in [-0.15, -0.1) is 0 Å². The van der Waals surface area contributed by atoms with Gasteiger partial charge in [0.2, 0.25) is 0 Å². The Balaban J connectivity index is 1.62. The van der Waals surface area contributed by atoms with Gasteiger partial charge in [0.05, 0.1) is 17.5 Å². The molecule has 0 amide bonds. The van der Waals surface area contributed by atoms with E-state index in [1.54, 1.807) is 0 Å². The minimum Gasteiger partial charge on any atom is -0.393 e. The Morgan fingerprint density at radius 1 is 1.00 bits per heavy atom. The summed E-state index contributed by atoms with van der Waals surface area (Å²) in [5, 5.41) is 13.4. The van der Waals surface area contributed by atoms with Crippen molar-refractivity contribution in [3.05, 3.63) is 24.3 Å². The van der Waals surface area contributed by atoms with Crippen LogP contribution in [0.3, 0.4) is 0 Å². The lowest BCUT2D eigenvalue weighted by molar-refractivity contribution is 0.145. The zero-order valence-corrected chi connectivity index (χ0v) is 12.9. The molecule has 2 fully saturated rings. The molecule has 1 aromatic carbocycles. The predicted octanol–water partition coefficient (Wildman–Crippen LogP) is 3.64. The molecule has 0 bridgehead atoms. The van der Waals surface area contributed by atoms with Crippen LogP contribution in [-0.4, -0.2) is 30.8 Å². The molecule has 0 unspecified atom stereocenters. The van der Waals surface area contributed by atoms with Crippen molar-refractivity contribution in [3.8, 4) is 0 Å². The lowest BCUT2D eigenvalue weighted by atomic mass is 9.89. The Labute approximate surface area is 128 Å². The van der Waals surface area contributed by atoms with E-state index in [1.807, 2.05) is 0 Å². The minimum atomic E-state index is -0.108. The number of anilines is 2. The van der Waals surface area contributed by atoms with Crippen LogP contribution >= 0.6 is 0 Å². The van der Waals surface area contributed by atoms with E-state index in [0.717, 1.165) is 38.4 Å². The van der Waals surface area contributed by atoms with Gasteiger partial charge < -0.3 is 15.3 Å². The highest BCUT2D eigenvalue weighted by molar-refractivity contribution is 5.70. The number of aliphatic hydroxyl groups excluding tert-OH is 1. The average molecular weight is 288 g/mol. The number of nitrogens with one attached hydrogen (secondary N) is 1. The summed E-state index contributed by atoms with van der Waals surface area (Å²) in [5.41, 5.74) is 2.57. The maximum atomic E-state index is 9.67. The van der Waals surface area contributed by atoms with Crippen LogP contribution in [0.4, 0.5) is 11.4 Å². The third kappa shape index (κ3) is 3.91. The van der Waals surface area contributed by atoms with Crippen LogP contribution in [0.25, 0.3) is 0 Å². The smallest absolute Gasteiger partial charge is 0.0602 e. The van der Waals surface area contributed by atoms with E-state index in [0.29, 0.717) is 0 Å². The van der Waals surface area contributed by atoms with Gasteiger partial charge in [-0.1, -0.05) is 31.4 Å². The van der Waals surface area contributed by atoms with Crippen LogP contribution < -0.4 is 10.2 Å². The molecule has 3 heteroatoms. The average Bonchev–Trinajstić information content (AvgIpc) is 2.55. The Morgan fingerprint density at radius 2 is 1.71 bits per heavy atom. The van der Waals surface area contributed by atoms with Gasteiger partial charge in [0.25, 0.3) is 0 Å². The summed E-state index contributed by atoms with van der Waals surface area (Å²) in [6.45, 7) is 3.03. The van der Waals surface area contributed by atoms with E-state index in [2.05, 4.69) is 34.5 Å². The molecule has 1 saturated heterocycles. The molecular weight excluding hydrogens is 260 g/mol. The molecule has 1 aliphatic carbocycles. The summed E-state index contributed by atoms with van der Waals surface area (Å²) in [7, 11) is 0. The van der Waals surface area contributed by atoms with Crippen molar-refractivity contribution in [2.45, 2.75) is 51.0 Å². The van der Waals surface area contributed by atoms with Gasteiger partial charge in [0, 0.05) is 19.6 Å². The lowest BCUT2D eigenvalue weighted by Crippen LogP contribution is -2.36. The molecule has 0 radical (unpaired) electrons. The summed E-state index contributed by atoms with van der Waals surface area (Å²) in [4.78, 5) is 2.41. The van der Waals surface area contributed by atoms with Gasteiger partial charge in [0.1, 0.15) is 0 Å². The molecule has 0 aromatic heterocycles. The van der Waals surface area contributed by atoms with E-state index >= 15 is 0 Å². The topological polar surface area (TPSA) is 35.5 Å². The second kappa shape index (κ2) is 7.17. The van der Waals surface area contributed by atoms with Gasteiger partial charge in [-0.3, -0.25) is 0 Å². The number of aliphatic hydroxyl groups is 1. The van der Waals surface area contributed by atoms with E-state index in [4.69, 9.17) is 0 Å². The van der Waals surface area contributed by atoms with Crippen LogP contribution in [0.15, 0.2) is 24.3 Å². The van der Waals surface area contributed by atoms with Crippen LogP contribution in [0.2, 0.25) is 0 Å². The lowest BCUT2D eigenvalue weighted by Gasteiger charge is -2.33. The minimum absolute atomic E-state index is 0.108. The Morgan fingerprint density at radius 3 is 2.48 bits per heavy atom. The van der Waals surface area contributed by atoms with Crippen molar-refractivity contribution < 1.29 is 5.11 Å². The molecule has 3 nitrogen and oxygen atoms in total. The Kier molecular flexibility index (Phi) is 5.02. The standard InChI is InChI=1S/C18H28N2O/c21-16-10-12-20(13-11-16)18-9-5-4-8-17(18)19-14-15-6-2-1-3-7-15/h4-5,8-9,15-16,19,21H,1-3,6-7,10-14H2. The monoisotopic (exact) mass is 288 g/mol. The Bertz CT molecular complexity index is 435. The number of piperidine rings is 1. The Hall–Kier alpha value is -1.22. The summed E-state index contributed by atoms with van der Waals surface area (Å²) < 4.78 is 0. The molecule has 2 N–H and O–H groups in total. The number of nitrogens with zero attached hydrogens (tertiary/aromatic N) is 1. The zero-order valence-electron chi connectivity index (χ0n) is 12.9. The summed E-state index contributed by atoms with van der Waals surface area (Å²) in [5.74, 6) is 0.843. The molecule has 21 heavy (non-hydrogen) atoms. The van der Waals surface area contributed by atoms with Crippen LogP contribution in [0.5, 0.6) is 0 Å². The number of benzene rings is 1.